The molecule has 2 N–H and O–H groups in total. The molecule has 0 spiro atoms. The number of rotatable bonds is 3. The molecule has 1 aromatic heterocycles. The van der Waals surface area contributed by atoms with Gasteiger partial charge in [0.1, 0.15) is 12.1 Å². The van der Waals surface area contributed by atoms with Crippen molar-refractivity contribution in [3.63, 3.8) is 0 Å². The third kappa shape index (κ3) is 2.76. The fourth-order valence-corrected chi connectivity index (χ4v) is 1.85. The van der Waals surface area contributed by atoms with Crippen molar-refractivity contribution in [1.82, 2.24) is 9.97 Å². The van der Waals surface area contributed by atoms with Gasteiger partial charge < -0.3 is 10.5 Å². The highest BCUT2D eigenvalue weighted by Gasteiger charge is 2.17. The summed E-state index contributed by atoms with van der Waals surface area (Å²) in [5, 5.41) is -0.00868. The van der Waals surface area contributed by atoms with Crippen molar-refractivity contribution in [1.29, 1.82) is 0 Å². The number of hydrogen-bond acceptors (Lipinski definition) is 4. The van der Waals surface area contributed by atoms with Gasteiger partial charge in [-0.1, -0.05) is 31.5 Å². The van der Waals surface area contributed by atoms with E-state index in [1.54, 1.807) is 6.07 Å². The molecule has 1 aromatic carbocycles. The molecule has 0 fully saturated rings. The normalized spacial score (nSPS) is 10.8. The molecular weight excluding hydrogens is 269 g/mol. The molecule has 0 radical (unpaired) electrons. The lowest BCUT2D eigenvalue weighted by atomic mass is 10.1. The average molecular weight is 282 g/mol. The molecule has 0 bridgehead atoms. The minimum absolute atomic E-state index is 0.00694. The highest BCUT2D eigenvalue weighted by molar-refractivity contribution is 6.30. The van der Waals surface area contributed by atoms with E-state index >= 15 is 0 Å². The van der Waals surface area contributed by atoms with E-state index in [-0.39, 0.29) is 22.6 Å². The topological polar surface area (TPSA) is 61.0 Å². The number of ether oxygens (including phenoxy) is 1. The molecule has 0 amide bonds. The van der Waals surface area contributed by atoms with Gasteiger partial charge in [-0.2, -0.15) is 0 Å². The molecule has 0 atom stereocenters. The Morgan fingerprint density at radius 1 is 1.32 bits per heavy atom. The quantitative estimate of drug-likeness (QED) is 0.930. The van der Waals surface area contributed by atoms with Gasteiger partial charge >= 0.3 is 0 Å². The Morgan fingerprint density at radius 3 is 2.74 bits per heavy atom. The standard InChI is InChI=1S/C13H13ClFN3O/c1-7(2)10-12(16)17-6-18-13(10)19-9-5-3-4-8(14)11(9)15/h3-7H,1-2H3,(H2,16,17,18). The Kier molecular flexibility index (Phi) is 3.85. The molecule has 0 saturated carbocycles. The molecule has 2 rings (SSSR count). The summed E-state index contributed by atoms with van der Waals surface area (Å²) in [4.78, 5) is 7.91. The molecule has 0 aliphatic rings. The van der Waals surface area contributed by atoms with Crippen LogP contribution in [0.15, 0.2) is 24.5 Å². The Labute approximate surface area is 115 Å². The van der Waals surface area contributed by atoms with Crippen molar-refractivity contribution < 1.29 is 9.13 Å². The molecule has 0 aliphatic carbocycles. The van der Waals surface area contributed by atoms with Crippen LogP contribution in [0.2, 0.25) is 5.02 Å². The van der Waals surface area contributed by atoms with Crippen molar-refractivity contribution in [2.24, 2.45) is 0 Å². The second kappa shape index (κ2) is 5.40. The summed E-state index contributed by atoms with van der Waals surface area (Å²) >= 11 is 5.70. The maximum atomic E-state index is 13.8. The zero-order valence-corrected chi connectivity index (χ0v) is 11.3. The van der Waals surface area contributed by atoms with Crippen LogP contribution in [0, 0.1) is 5.82 Å². The summed E-state index contributed by atoms with van der Waals surface area (Å²) in [5.41, 5.74) is 6.43. The number of hydrogen-bond donors (Lipinski definition) is 1. The Morgan fingerprint density at radius 2 is 2.05 bits per heavy atom. The van der Waals surface area contributed by atoms with Gasteiger partial charge in [-0.25, -0.2) is 14.4 Å². The van der Waals surface area contributed by atoms with Gasteiger partial charge in [0, 0.05) is 0 Å². The van der Waals surface area contributed by atoms with E-state index in [1.807, 2.05) is 13.8 Å². The van der Waals surface area contributed by atoms with Crippen molar-refractivity contribution in [3.8, 4) is 11.6 Å². The van der Waals surface area contributed by atoms with Gasteiger partial charge in [-0.15, -0.1) is 0 Å². The lowest BCUT2D eigenvalue weighted by Crippen LogP contribution is -2.04. The maximum Gasteiger partial charge on any atom is 0.228 e. The van der Waals surface area contributed by atoms with Gasteiger partial charge in [0.15, 0.2) is 11.6 Å². The number of anilines is 1. The summed E-state index contributed by atoms with van der Waals surface area (Å²) in [7, 11) is 0. The molecule has 100 valence electrons. The number of benzene rings is 1. The van der Waals surface area contributed by atoms with E-state index in [4.69, 9.17) is 22.1 Å². The van der Waals surface area contributed by atoms with Crippen LogP contribution in [0.4, 0.5) is 10.2 Å². The highest BCUT2D eigenvalue weighted by Crippen LogP contribution is 2.33. The molecule has 19 heavy (non-hydrogen) atoms. The molecule has 0 aliphatic heterocycles. The van der Waals surface area contributed by atoms with Gasteiger partial charge in [0.2, 0.25) is 5.88 Å². The molecule has 2 aromatic rings. The molecule has 4 nitrogen and oxygen atoms in total. The minimum Gasteiger partial charge on any atom is -0.435 e. The van der Waals surface area contributed by atoms with E-state index in [2.05, 4.69) is 9.97 Å². The number of nitrogens with two attached hydrogens (primary N) is 1. The first-order chi connectivity index (χ1) is 9.00. The van der Waals surface area contributed by atoms with Gasteiger partial charge in [0.05, 0.1) is 10.6 Å². The third-order valence-corrected chi connectivity index (χ3v) is 2.87. The first kappa shape index (κ1) is 13.5. The van der Waals surface area contributed by atoms with Crippen molar-refractivity contribution >= 4 is 17.4 Å². The Bertz CT molecular complexity index is 604. The smallest absolute Gasteiger partial charge is 0.228 e. The summed E-state index contributed by atoms with van der Waals surface area (Å²) in [6.45, 7) is 3.85. The van der Waals surface area contributed by atoms with Crippen LogP contribution in [0.5, 0.6) is 11.6 Å². The van der Waals surface area contributed by atoms with Crippen molar-refractivity contribution in [2.75, 3.05) is 5.73 Å². The van der Waals surface area contributed by atoms with E-state index in [0.29, 0.717) is 11.4 Å². The van der Waals surface area contributed by atoms with Gasteiger partial charge in [0.25, 0.3) is 0 Å². The predicted octanol–water partition coefficient (Wildman–Crippen LogP) is 3.77. The molecule has 1 heterocycles. The molecule has 6 heteroatoms. The van der Waals surface area contributed by atoms with Crippen LogP contribution >= 0.6 is 11.6 Å². The van der Waals surface area contributed by atoms with E-state index in [9.17, 15) is 4.39 Å². The fraction of sp³-hybridized carbons (Fsp3) is 0.231. The maximum absolute atomic E-state index is 13.8. The van der Waals surface area contributed by atoms with Crippen LogP contribution in [0.3, 0.4) is 0 Å². The Hall–Kier alpha value is -1.88. The van der Waals surface area contributed by atoms with Crippen molar-refractivity contribution in [2.45, 2.75) is 19.8 Å². The SMILES string of the molecule is CC(C)c1c(N)ncnc1Oc1cccc(Cl)c1F. The van der Waals surface area contributed by atoms with Gasteiger partial charge in [-0.3, -0.25) is 0 Å². The summed E-state index contributed by atoms with van der Waals surface area (Å²) in [5.74, 6) is -0.00638. The first-order valence-electron chi connectivity index (χ1n) is 5.73. The minimum atomic E-state index is -0.629. The molecule has 0 unspecified atom stereocenters. The second-order valence-electron chi connectivity index (χ2n) is 4.29. The summed E-state index contributed by atoms with van der Waals surface area (Å²) in [6, 6.07) is 4.52. The number of aromatic nitrogens is 2. The number of nitrogen functional groups attached to an aromatic ring is 1. The molecule has 0 saturated heterocycles. The largest absolute Gasteiger partial charge is 0.435 e. The third-order valence-electron chi connectivity index (χ3n) is 2.58. The van der Waals surface area contributed by atoms with E-state index in [1.165, 1.54) is 18.5 Å². The van der Waals surface area contributed by atoms with Crippen LogP contribution in [0.1, 0.15) is 25.3 Å². The fourth-order valence-electron chi connectivity index (χ4n) is 1.68. The summed E-state index contributed by atoms with van der Waals surface area (Å²) in [6.07, 6.45) is 1.28. The van der Waals surface area contributed by atoms with Crippen LogP contribution in [-0.4, -0.2) is 9.97 Å². The van der Waals surface area contributed by atoms with Crippen LogP contribution in [-0.2, 0) is 0 Å². The first-order valence-corrected chi connectivity index (χ1v) is 6.10. The zero-order valence-electron chi connectivity index (χ0n) is 10.5. The van der Waals surface area contributed by atoms with E-state index in [0.717, 1.165) is 0 Å². The summed E-state index contributed by atoms with van der Waals surface area (Å²) < 4.78 is 19.3. The van der Waals surface area contributed by atoms with Gasteiger partial charge in [-0.05, 0) is 18.1 Å². The highest BCUT2D eigenvalue weighted by atomic mass is 35.5. The monoisotopic (exact) mass is 281 g/mol. The second-order valence-corrected chi connectivity index (χ2v) is 4.69. The number of halogens is 2. The number of nitrogens with zero attached hydrogens (tertiary/aromatic N) is 2. The predicted molar refractivity (Wildman–Crippen MR) is 72.0 cm³/mol. The zero-order chi connectivity index (χ0) is 14.0. The van der Waals surface area contributed by atoms with Crippen LogP contribution < -0.4 is 10.5 Å². The van der Waals surface area contributed by atoms with Crippen molar-refractivity contribution in [3.05, 3.63) is 40.9 Å². The lowest BCUT2D eigenvalue weighted by Gasteiger charge is -2.14. The Balaban J connectivity index is 2.44. The average Bonchev–Trinajstić information content (AvgIpc) is 2.34. The molecular formula is C13H13ClFN3O. The van der Waals surface area contributed by atoms with E-state index < -0.39 is 5.82 Å². The van der Waals surface area contributed by atoms with Crippen LogP contribution in [0.25, 0.3) is 0 Å². The lowest BCUT2D eigenvalue weighted by molar-refractivity contribution is 0.420.